The topological polar surface area (TPSA) is 146 Å². The molecule has 3 saturated heterocycles. The second-order valence-corrected chi connectivity index (χ2v) is 9.68. The van der Waals surface area contributed by atoms with Gasteiger partial charge in [-0.15, -0.1) is 0 Å². The zero-order chi connectivity index (χ0) is 27.0. The van der Waals surface area contributed by atoms with Crippen molar-refractivity contribution in [3.63, 3.8) is 0 Å². The zero-order valence-electron chi connectivity index (χ0n) is 21.4. The largest absolute Gasteiger partial charge is 0.493 e. The van der Waals surface area contributed by atoms with Gasteiger partial charge in [0.15, 0.2) is 23.0 Å². The van der Waals surface area contributed by atoms with E-state index >= 15 is 0 Å². The third-order valence-electron chi connectivity index (χ3n) is 7.61. The molecule has 0 radical (unpaired) electrons. The van der Waals surface area contributed by atoms with Gasteiger partial charge in [0.2, 0.25) is 6.29 Å². The first-order chi connectivity index (χ1) is 18.4. The molecule has 0 spiro atoms. The van der Waals surface area contributed by atoms with Crippen LogP contribution in [0.1, 0.15) is 23.3 Å². The van der Waals surface area contributed by atoms with Gasteiger partial charge >= 0.3 is 0 Å². The number of aliphatic hydroxyl groups is 4. The van der Waals surface area contributed by atoms with Crippen molar-refractivity contribution in [3.8, 4) is 23.0 Å². The predicted molar refractivity (Wildman–Crippen MR) is 131 cm³/mol. The van der Waals surface area contributed by atoms with Gasteiger partial charge in [-0.2, -0.15) is 0 Å². The summed E-state index contributed by atoms with van der Waals surface area (Å²) in [6.07, 6.45) is -7.29. The number of hydrogen-bond acceptors (Lipinski definition) is 11. The minimum absolute atomic E-state index is 0.120. The normalized spacial score (nSPS) is 34.6. The zero-order valence-corrected chi connectivity index (χ0v) is 21.4. The first-order valence-corrected chi connectivity index (χ1v) is 12.5. The molecule has 0 saturated carbocycles. The van der Waals surface area contributed by atoms with Crippen LogP contribution >= 0.6 is 0 Å². The van der Waals surface area contributed by atoms with E-state index in [9.17, 15) is 20.4 Å². The van der Waals surface area contributed by atoms with E-state index in [1.807, 2.05) is 24.3 Å². The quantitative estimate of drug-likeness (QED) is 0.384. The molecule has 0 aromatic heterocycles. The van der Waals surface area contributed by atoms with Crippen LogP contribution in [0.5, 0.6) is 23.0 Å². The molecule has 11 heteroatoms. The summed E-state index contributed by atoms with van der Waals surface area (Å²) in [5.41, 5.74) is 1.88. The van der Waals surface area contributed by atoms with Crippen molar-refractivity contribution in [2.24, 2.45) is 11.8 Å². The second-order valence-electron chi connectivity index (χ2n) is 9.68. The summed E-state index contributed by atoms with van der Waals surface area (Å²) >= 11 is 0. The molecule has 0 amide bonds. The smallest absolute Gasteiger partial charge is 0.229 e. The Morgan fingerprint density at radius 3 is 1.76 bits per heavy atom. The summed E-state index contributed by atoms with van der Waals surface area (Å²) in [6, 6.07) is 11.1. The number of rotatable bonds is 8. The van der Waals surface area contributed by atoms with Gasteiger partial charge in [-0.25, -0.2) is 0 Å². The van der Waals surface area contributed by atoms with Crippen LogP contribution in [-0.4, -0.2) is 92.3 Å². The molecule has 11 nitrogen and oxygen atoms in total. The lowest BCUT2D eigenvalue weighted by Crippen LogP contribution is -2.60. The second kappa shape index (κ2) is 11.2. The standard InChI is InChI=1S/C27H34O11/c1-32-17-6-4-13(8-19(17)33-2)25-15-11-36-26(16(15)12-35-25)14-5-7-18(20(9-14)34-3)37-27-24(31)23(30)22(29)21(10-28)38-27/h4-9,15-16,21-31H,10-12H2,1-3H3/t15-,16-,21+,22+,23-,24+,25-,26+,27-/m0/s1. The van der Waals surface area contributed by atoms with Crippen molar-refractivity contribution >= 4 is 0 Å². The van der Waals surface area contributed by atoms with E-state index in [-0.39, 0.29) is 29.8 Å². The first kappa shape index (κ1) is 26.9. The van der Waals surface area contributed by atoms with Gasteiger partial charge in [0.05, 0.1) is 53.4 Å². The fourth-order valence-electron chi connectivity index (χ4n) is 5.51. The molecule has 3 heterocycles. The Balaban J connectivity index is 1.31. The minimum Gasteiger partial charge on any atom is -0.493 e. The molecular weight excluding hydrogens is 500 g/mol. The van der Waals surface area contributed by atoms with Gasteiger partial charge in [-0.05, 0) is 35.4 Å². The average Bonchev–Trinajstić information content (AvgIpc) is 3.55. The van der Waals surface area contributed by atoms with Gasteiger partial charge < -0.3 is 53.6 Å². The van der Waals surface area contributed by atoms with Crippen molar-refractivity contribution in [1.82, 2.24) is 0 Å². The molecule has 0 aliphatic carbocycles. The summed E-state index contributed by atoms with van der Waals surface area (Å²) in [7, 11) is 4.69. The van der Waals surface area contributed by atoms with Crippen LogP contribution in [0.4, 0.5) is 0 Å². The van der Waals surface area contributed by atoms with Crippen LogP contribution in [0.15, 0.2) is 36.4 Å². The highest BCUT2D eigenvalue weighted by molar-refractivity contribution is 5.45. The Morgan fingerprint density at radius 2 is 1.24 bits per heavy atom. The van der Waals surface area contributed by atoms with Crippen molar-refractivity contribution in [2.45, 2.75) is 42.9 Å². The van der Waals surface area contributed by atoms with E-state index < -0.39 is 37.3 Å². The minimum atomic E-state index is -1.54. The van der Waals surface area contributed by atoms with Crippen LogP contribution in [0, 0.1) is 11.8 Å². The van der Waals surface area contributed by atoms with Crippen LogP contribution < -0.4 is 18.9 Å². The predicted octanol–water partition coefficient (Wildman–Crippen LogP) is 0.966. The fourth-order valence-corrected chi connectivity index (χ4v) is 5.51. The highest BCUT2D eigenvalue weighted by Gasteiger charge is 2.49. The van der Waals surface area contributed by atoms with Crippen molar-refractivity contribution in [3.05, 3.63) is 47.5 Å². The third-order valence-corrected chi connectivity index (χ3v) is 7.61. The molecule has 9 atom stereocenters. The highest BCUT2D eigenvalue weighted by atomic mass is 16.7. The summed E-state index contributed by atoms with van der Waals surface area (Å²) in [6.45, 7) is 0.508. The van der Waals surface area contributed by atoms with E-state index in [2.05, 4.69) is 0 Å². The molecule has 4 N–H and O–H groups in total. The number of aliphatic hydroxyl groups excluding tert-OH is 4. The number of fused-ring (bicyclic) bond motifs is 1. The van der Waals surface area contributed by atoms with Gasteiger partial charge in [-0.1, -0.05) is 12.1 Å². The third kappa shape index (κ3) is 4.79. The SMILES string of the molecule is COc1ccc([C@@H]2OC[C@H]3[C@@H]2CO[C@@H]3c2ccc(O[C@H]3O[C@H](CO)[C@@H](O)[C@H](O)[C@H]3O)c(OC)c2)cc1OC. The Bertz CT molecular complexity index is 1110. The summed E-state index contributed by atoms with van der Waals surface area (Å²) in [5, 5.41) is 39.8. The summed E-state index contributed by atoms with van der Waals surface area (Å²) in [5.74, 6) is 2.21. The van der Waals surface area contributed by atoms with E-state index in [0.29, 0.717) is 30.5 Å². The van der Waals surface area contributed by atoms with Gasteiger partial charge in [-0.3, -0.25) is 0 Å². The fraction of sp³-hybridized carbons (Fsp3) is 0.556. The van der Waals surface area contributed by atoms with E-state index in [1.54, 1.807) is 26.4 Å². The van der Waals surface area contributed by atoms with Crippen molar-refractivity contribution in [2.75, 3.05) is 41.2 Å². The van der Waals surface area contributed by atoms with Gasteiger partial charge in [0.25, 0.3) is 0 Å². The first-order valence-electron chi connectivity index (χ1n) is 12.5. The monoisotopic (exact) mass is 534 g/mol. The Kier molecular flexibility index (Phi) is 7.96. The van der Waals surface area contributed by atoms with E-state index in [4.69, 9.17) is 33.2 Å². The molecule has 3 fully saturated rings. The Hall–Kier alpha value is -2.64. The van der Waals surface area contributed by atoms with E-state index in [0.717, 1.165) is 11.1 Å². The molecule has 5 rings (SSSR count). The summed E-state index contributed by atoms with van der Waals surface area (Å²) in [4.78, 5) is 0. The lowest BCUT2D eigenvalue weighted by Gasteiger charge is -2.39. The highest BCUT2D eigenvalue weighted by Crippen LogP contribution is 2.51. The maximum atomic E-state index is 10.3. The number of methoxy groups -OCH3 is 3. The maximum absolute atomic E-state index is 10.3. The average molecular weight is 535 g/mol. The number of hydrogen-bond donors (Lipinski definition) is 4. The molecule has 3 aliphatic rings. The van der Waals surface area contributed by atoms with Crippen LogP contribution in [0.25, 0.3) is 0 Å². The van der Waals surface area contributed by atoms with Crippen LogP contribution in [0.2, 0.25) is 0 Å². The number of benzene rings is 2. The summed E-state index contributed by atoms with van der Waals surface area (Å²) < 4.78 is 40.1. The Labute approximate surface area is 220 Å². The molecule has 38 heavy (non-hydrogen) atoms. The lowest BCUT2D eigenvalue weighted by atomic mass is 9.85. The molecule has 2 aromatic rings. The maximum Gasteiger partial charge on any atom is 0.229 e. The van der Waals surface area contributed by atoms with Gasteiger partial charge in [0.1, 0.15) is 24.4 Å². The molecule has 3 aliphatic heterocycles. The van der Waals surface area contributed by atoms with Crippen LogP contribution in [0.3, 0.4) is 0 Å². The molecule has 0 bridgehead atoms. The lowest BCUT2D eigenvalue weighted by molar-refractivity contribution is -0.277. The van der Waals surface area contributed by atoms with Gasteiger partial charge in [0, 0.05) is 11.8 Å². The van der Waals surface area contributed by atoms with E-state index in [1.165, 1.54) is 7.11 Å². The molecule has 2 aromatic carbocycles. The molecule has 0 unspecified atom stereocenters. The Morgan fingerprint density at radius 1 is 0.711 bits per heavy atom. The van der Waals surface area contributed by atoms with Crippen molar-refractivity contribution < 1.29 is 53.6 Å². The van der Waals surface area contributed by atoms with Crippen molar-refractivity contribution in [1.29, 1.82) is 0 Å². The number of ether oxygens (including phenoxy) is 7. The van der Waals surface area contributed by atoms with Crippen LogP contribution in [-0.2, 0) is 14.2 Å². The molecule has 208 valence electrons. The molecular formula is C27H34O11.